The largest absolute Gasteiger partial charge is 0.368 e. The first-order valence-electron chi connectivity index (χ1n) is 6.45. The highest BCUT2D eigenvalue weighted by atomic mass is 15.3. The molecular formula is C14H16N6. The van der Waals surface area contributed by atoms with Crippen molar-refractivity contribution in [2.45, 2.75) is 13.8 Å². The van der Waals surface area contributed by atoms with E-state index < -0.39 is 0 Å². The van der Waals surface area contributed by atoms with Crippen LogP contribution < -0.4 is 10.6 Å². The maximum atomic E-state index is 8.95. The van der Waals surface area contributed by atoms with E-state index in [-0.39, 0.29) is 5.95 Å². The number of nitrogens with two attached hydrogens (primary N) is 1. The second-order valence-corrected chi connectivity index (χ2v) is 4.18. The number of hydrogen-bond donors (Lipinski definition) is 1. The predicted molar refractivity (Wildman–Crippen MR) is 78.0 cm³/mol. The summed E-state index contributed by atoms with van der Waals surface area (Å²) in [5.41, 5.74) is 7.08. The number of anilines is 2. The molecule has 0 radical (unpaired) electrons. The fourth-order valence-corrected chi connectivity index (χ4v) is 1.89. The van der Waals surface area contributed by atoms with Crippen LogP contribution in [0, 0.1) is 11.3 Å². The highest BCUT2D eigenvalue weighted by Gasteiger charge is 2.11. The van der Waals surface area contributed by atoms with Gasteiger partial charge in [0.1, 0.15) is 0 Å². The van der Waals surface area contributed by atoms with E-state index in [4.69, 9.17) is 11.0 Å². The number of nitrogen functional groups attached to an aromatic ring is 1. The Bertz CT molecular complexity index is 642. The van der Waals surface area contributed by atoms with Gasteiger partial charge in [-0.2, -0.15) is 20.2 Å². The number of aromatic nitrogens is 3. The lowest BCUT2D eigenvalue weighted by atomic mass is 10.1. The zero-order valence-electron chi connectivity index (χ0n) is 11.5. The van der Waals surface area contributed by atoms with E-state index in [0.717, 1.165) is 18.7 Å². The molecule has 1 heterocycles. The van der Waals surface area contributed by atoms with Gasteiger partial charge < -0.3 is 10.6 Å². The Hall–Kier alpha value is -2.68. The molecule has 0 fully saturated rings. The molecule has 2 rings (SSSR count). The van der Waals surface area contributed by atoms with Crippen molar-refractivity contribution in [2.75, 3.05) is 23.7 Å². The van der Waals surface area contributed by atoms with Crippen LogP contribution in [0.2, 0.25) is 0 Å². The molecule has 20 heavy (non-hydrogen) atoms. The van der Waals surface area contributed by atoms with Gasteiger partial charge in [-0.3, -0.25) is 0 Å². The van der Waals surface area contributed by atoms with E-state index in [1.165, 1.54) is 0 Å². The Morgan fingerprint density at radius 2 is 1.95 bits per heavy atom. The lowest BCUT2D eigenvalue weighted by molar-refractivity contribution is 0.816. The molecule has 0 aliphatic carbocycles. The Kier molecular flexibility index (Phi) is 4.11. The molecule has 6 heteroatoms. The molecule has 1 aromatic heterocycles. The van der Waals surface area contributed by atoms with Crippen molar-refractivity contribution in [3.8, 4) is 17.5 Å². The fourth-order valence-electron chi connectivity index (χ4n) is 1.89. The molecule has 6 nitrogen and oxygen atoms in total. The number of hydrogen-bond acceptors (Lipinski definition) is 6. The van der Waals surface area contributed by atoms with E-state index >= 15 is 0 Å². The quantitative estimate of drug-likeness (QED) is 0.909. The minimum atomic E-state index is 0.180. The normalized spacial score (nSPS) is 10.1. The van der Waals surface area contributed by atoms with Crippen molar-refractivity contribution in [3.05, 3.63) is 29.8 Å². The minimum Gasteiger partial charge on any atom is -0.368 e. The summed E-state index contributed by atoms with van der Waals surface area (Å²) >= 11 is 0. The second kappa shape index (κ2) is 5.97. The lowest BCUT2D eigenvalue weighted by Gasteiger charge is -2.18. The summed E-state index contributed by atoms with van der Waals surface area (Å²) in [5.74, 6) is 1.22. The van der Waals surface area contributed by atoms with Crippen LogP contribution in [-0.4, -0.2) is 28.0 Å². The van der Waals surface area contributed by atoms with Gasteiger partial charge in [0.15, 0.2) is 5.82 Å². The summed E-state index contributed by atoms with van der Waals surface area (Å²) in [6.07, 6.45) is 0. The summed E-state index contributed by atoms with van der Waals surface area (Å²) in [6.45, 7) is 5.63. The van der Waals surface area contributed by atoms with Crippen LogP contribution in [0.25, 0.3) is 11.4 Å². The molecule has 0 unspecified atom stereocenters. The summed E-state index contributed by atoms with van der Waals surface area (Å²) in [7, 11) is 0. The molecular weight excluding hydrogens is 252 g/mol. The van der Waals surface area contributed by atoms with Gasteiger partial charge in [-0.1, -0.05) is 12.1 Å². The predicted octanol–water partition coefficient (Wildman–Crippen LogP) is 1.84. The fraction of sp³-hybridized carbons (Fsp3) is 0.286. The molecule has 2 aromatic rings. The summed E-state index contributed by atoms with van der Waals surface area (Å²) in [4.78, 5) is 14.7. The number of nitriles is 1. The summed E-state index contributed by atoms with van der Waals surface area (Å²) in [5, 5.41) is 8.95. The van der Waals surface area contributed by atoms with Crippen molar-refractivity contribution in [1.82, 2.24) is 15.0 Å². The van der Waals surface area contributed by atoms with Gasteiger partial charge in [0.2, 0.25) is 11.9 Å². The Labute approximate surface area is 117 Å². The third-order valence-electron chi connectivity index (χ3n) is 2.94. The van der Waals surface area contributed by atoms with Gasteiger partial charge in [-0.15, -0.1) is 0 Å². The Morgan fingerprint density at radius 1 is 1.20 bits per heavy atom. The van der Waals surface area contributed by atoms with Crippen LogP contribution in [0.3, 0.4) is 0 Å². The van der Waals surface area contributed by atoms with E-state index in [1.54, 1.807) is 18.2 Å². The van der Waals surface area contributed by atoms with Gasteiger partial charge in [0, 0.05) is 18.7 Å². The molecule has 0 aliphatic rings. The molecule has 0 amide bonds. The molecule has 0 saturated carbocycles. The highest BCUT2D eigenvalue weighted by Crippen LogP contribution is 2.19. The van der Waals surface area contributed by atoms with Crippen molar-refractivity contribution in [3.63, 3.8) is 0 Å². The molecule has 0 saturated heterocycles. The summed E-state index contributed by atoms with van der Waals surface area (Å²) < 4.78 is 0. The van der Waals surface area contributed by atoms with Gasteiger partial charge in [-0.05, 0) is 26.0 Å². The summed E-state index contributed by atoms with van der Waals surface area (Å²) in [6, 6.07) is 9.22. The number of benzene rings is 1. The third kappa shape index (κ3) is 2.83. The number of nitrogens with zero attached hydrogens (tertiary/aromatic N) is 5. The van der Waals surface area contributed by atoms with Gasteiger partial charge in [0.25, 0.3) is 0 Å². The molecule has 0 aliphatic heterocycles. The first kappa shape index (κ1) is 13.7. The number of rotatable bonds is 4. The van der Waals surface area contributed by atoms with Crippen LogP contribution in [0.15, 0.2) is 24.3 Å². The third-order valence-corrected chi connectivity index (χ3v) is 2.94. The minimum absolute atomic E-state index is 0.180. The maximum Gasteiger partial charge on any atom is 0.230 e. The first-order chi connectivity index (χ1) is 9.67. The van der Waals surface area contributed by atoms with Crippen LogP contribution in [0.1, 0.15) is 19.4 Å². The van der Waals surface area contributed by atoms with E-state index in [0.29, 0.717) is 17.3 Å². The SMILES string of the molecule is CCN(CC)c1nc(N)nc(-c2cccc(C#N)c2)n1. The second-order valence-electron chi connectivity index (χ2n) is 4.18. The molecule has 2 N–H and O–H groups in total. The van der Waals surface area contributed by atoms with Crippen molar-refractivity contribution in [1.29, 1.82) is 5.26 Å². The van der Waals surface area contributed by atoms with Crippen LogP contribution >= 0.6 is 0 Å². The zero-order valence-corrected chi connectivity index (χ0v) is 11.5. The van der Waals surface area contributed by atoms with E-state index in [1.807, 2.05) is 24.8 Å². The zero-order chi connectivity index (χ0) is 14.5. The Morgan fingerprint density at radius 3 is 2.60 bits per heavy atom. The van der Waals surface area contributed by atoms with Gasteiger partial charge >= 0.3 is 0 Å². The molecule has 0 spiro atoms. The van der Waals surface area contributed by atoms with Crippen LogP contribution in [0.4, 0.5) is 11.9 Å². The molecule has 102 valence electrons. The van der Waals surface area contributed by atoms with Gasteiger partial charge in [0.05, 0.1) is 11.6 Å². The molecule has 0 bridgehead atoms. The lowest BCUT2D eigenvalue weighted by Crippen LogP contribution is -2.25. The highest BCUT2D eigenvalue weighted by molar-refractivity contribution is 5.60. The average Bonchev–Trinajstić information content (AvgIpc) is 2.48. The van der Waals surface area contributed by atoms with Crippen molar-refractivity contribution >= 4 is 11.9 Å². The standard InChI is InChI=1S/C14H16N6/c1-3-20(4-2)14-18-12(17-13(16)19-14)11-7-5-6-10(8-11)9-15/h5-8H,3-4H2,1-2H3,(H2,16,17,18,19). The van der Waals surface area contributed by atoms with E-state index in [2.05, 4.69) is 21.0 Å². The van der Waals surface area contributed by atoms with E-state index in [9.17, 15) is 0 Å². The topological polar surface area (TPSA) is 91.7 Å². The first-order valence-corrected chi connectivity index (χ1v) is 6.45. The molecule has 0 atom stereocenters. The smallest absolute Gasteiger partial charge is 0.230 e. The maximum absolute atomic E-state index is 8.95. The average molecular weight is 268 g/mol. The molecule has 1 aromatic carbocycles. The monoisotopic (exact) mass is 268 g/mol. The van der Waals surface area contributed by atoms with Crippen molar-refractivity contribution in [2.24, 2.45) is 0 Å². The van der Waals surface area contributed by atoms with Gasteiger partial charge in [-0.25, -0.2) is 0 Å². The van der Waals surface area contributed by atoms with Crippen LogP contribution in [-0.2, 0) is 0 Å². The van der Waals surface area contributed by atoms with Crippen LogP contribution in [0.5, 0.6) is 0 Å². The Balaban J connectivity index is 2.49. The van der Waals surface area contributed by atoms with Crippen molar-refractivity contribution < 1.29 is 0 Å².